The van der Waals surface area contributed by atoms with Gasteiger partial charge in [0.05, 0.1) is 4.47 Å². The number of phenolic OH excluding ortho intramolecular Hbond substituents is 1. The fraction of sp³-hybridized carbons (Fsp3) is 0. The Kier molecular flexibility index (Phi) is 3.37. The van der Waals surface area contributed by atoms with Crippen LogP contribution in [-0.2, 0) is 4.79 Å². The number of hydrogen-bond acceptors (Lipinski definition) is 3. The molecule has 0 saturated carbocycles. The second-order valence-electron chi connectivity index (χ2n) is 3.29. The molecule has 0 spiro atoms. The molecule has 3 N–H and O–H groups in total. The molecular formula is C10H6BrClN2O2S. The maximum Gasteiger partial charge on any atom is 0.273 e. The van der Waals surface area contributed by atoms with Crippen LogP contribution in [0, 0.1) is 0 Å². The number of nitrogens with one attached hydrogen (secondary N) is 2. The minimum Gasteiger partial charge on any atom is -0.506 e. The summed E-state index contributed by atoms with van der Waals surface area (Å²) in [4.78, 5) is 11.4. The van der Waals surface area contributed by atoms with E-state index in [2.05, 4.69) is 26.6 Å². The Morgan fingerprint density at radius 2 is 2.12 bits per heavy atom. The summed E-state index contributed by atoms with van der Waals surface area (Å²) in [7, 11) is 0. The summed E-state index contributed by atoms with van der Waals surface area (Å²) in [5.74, 6) is -0.334. The van der Waals surface area contributed by atoms with Crippen molar-refractivity contribution >= 4 is 56.8 Å². The van der Waals surface area contributed by atoms with Crippen LogP contribution in [0.15, 0.2) is 22.3 Å². The van der Waals surface area contributed by atoms with E-state index in [1.807, 2.05) is 0 Å². The van der Waals surface area contributed by atoms with Gasteiger partial charge in [-0.3, -0.25) is 10.1 Å². The standard InChI is InChI=1S/C10H6BrClN2O2S/c11-6-3-5(12)1-4(8(6)15)2-7-9(16)14-10(17)13-7/h1-3,15H,(H2,13,14,16,17)/b7-2+. The molecule has 7 heteroatoms. The highest BCUT2D eigenvalue weighted by Crippen LogP contribution is 2.32. The second kappa shape index (κ2) is 4.64. The second-order valence-corrected chi connectivity index (χ2v) is 4.99. The molecule has 0 aliphatic carbocycles. The van der Waals surface area contributed by atoms with E-state index in [4.69, 9.17) is 23.8 Å². The van der Waals surface area contributed by atoms with E-state index >= 15 is 0 Å². The zero-order chi connectivity index (χ0) is 12.6. The van der Waals surface area contributed by atoms with Crippen LogP contribution in [0.1, 0.15) is 5.56 Å². The minimum absolute atomic E-state index is 0.00863. The Hall–Kier alpha value is -1.11. The first-order valence-electron chi connectivity index (χ1n) is 4.49. The molecular weight excluding hydrogens is 328 g/mol. The van der Waals surface area contributed by atoms with Crippen molar-refractivity contribution in [3.63, 3.8) is 0 Å². The maximum atomic E-state index is 11.4. The number of amides is 1. The fourth-order valence-electron chi connectivity index (χ4n) is 1.33. The van der Waals surface area contributed by atoms with Crippen LogP contribution in [0.25, 0.3) is 6.08 Å². The van der Waals surface area contributed by atoms with Crippen molar-refractivity contribution in [2.75, 3.05) is 0 Å². The monoisotopic (exact) mass is 332 g/mol. The lowest BCUT2D eigenvalue weighted by Gasteiger charge is -2.04. The predicted molar refractivity (Wildman–Crippen MR) is 72.7 cm³/mol. The number of rotatable bonds is 1. The Morgan fingerprint density at radius 1 is 1.41 bits per heavy atom. The first kappa shape index (κ1) is 12.3. The zero-order valence-electron chi connectivity index (χ0n) is 8.25. The summed E-state index contributed by atoms with van der Waals surface area (Å²) in [6.07, 6.45) is 1.47. The van der Waals surface area contributed by atoms with Gasteiger partial charge in [0.2, 0.25) is 0 Å². The summed E-state index contributed by atoms with van der Waals surface area (Å²) >= 11 is 13.8. The van der Waals surface area contributed by atoms with E-state index in [1.165, 1.54) is 6.08 Å². The van der Waals surface area contributed by atoms with E-state index in [0.29, 0.717) is 15.1 Å². The van der Waals surface area contributed by atoms with Gasteiger partial charge in [-0.2, -0.15) is 0 Å². The van der Waals surface area contributed by atoms with Gasteiger partial charge in [0, 0.05) is 10.6 Å². The molecule has 1 fully saturated rings. The van der Waals surface area contributed by atoms with Crippen molar-refractivity contribution < 1.29 is 9.90 Å². The first-order valence-corrected chi connectivity index (χ1v) is 6.07. The number of thiocarbonyl (C=S) groups is 1. The summed E-state index contributed by atoms with van der Waals surface area (Å²) in [5, 5.41) is 15.6. The number of carbonyl (C=O) groups is 1. The number of hydrogen-bond donors (Lipinski definition) is 3. The Morgan fingerprint density at radius 3 is 2.71 bits per heavy atom. The van der Waals surface area contributed by atoms with Gasteiger partial charge in [0.1, 0.15) is 11.4 Å². The van der Waals surface area contributed by atoms with Gasteiger partial charge in [-0.05, 0) is 46.4 Å². The molecule has 4 nitrogen and oxygen atoms in total. The van der Waals surface area contributed by atoms with Crippen molar-refractivity contribution in [2.24, 2.45) is 0 Å². The molecule has 1 aromatic rings. The lowest BCUT2D eigenvalue weighted by molar-refractivity contribution is -0.115. The van der Waals surface area contributed by atoms with Crippen molar-refractivity contribution in [2.45, 2.75) is 0 Å². The molecule has 1 amide bonds. The van der Waals surface area contributed by atoms with Crippen LogP contribution in [-0.4, -0.2) is 16.1 Å². The van der Waals surface area contributed by atoms with E-state index in [9.17, 15) is 9.90 Å². The topological polar surface area (TPSA) is 61.4 Å². The van der Waals surface area contributed by atoms with Crippen LogP contribution < -0.4 is 10.6 Å². The minimum atomic E-state index is -0.342. The lowest BCUT2D eigenvalue weighted by Crippen LogP contribution is -2.21. The third-order valence-corrected chi connectivity index (χ3v) is 3.10. The first-order chi connectivity index (χ1) is 7.97. The number of benzene rings is 1. The lowest BCUT2D eigenvalue weighted by atomic mass is 10.1. The summed E-state index contributed by atoms with van der Waals surface area (Å²) in [6.45, 7) is 0. The molecule has 88 valence electrons. The highest BCUT2D eigenvalue weighted by Gasteiger charge is 2.20. The molecule has 17 heavy (non-hydrogen) atoms. The van der Waals surface area contributed by atoms with Gasteiger partial charge in [-0.15, -0.1) is 0 Å². The number of carbonyl (C=O) groups excluding carboxylic acids is 1. The summed E-state index contributed by atoms with van der Waals surface area (Å²) < 4.78 is 0.456. The number of aromatic hydroxyl groups is 1. The van der Waals surface area contributed by atoms with Crippen molar-refractivity contribution in [3.05, 3.63) is 32.9 Å². The van der Waals surface area contributed by atoms with Gasteiger partial charge >= 0.3 is 0 Å². The van der Waals surface area contributed by atoms with E-state index in [1.54, 1.807) is 12.1 Å². The highest BCUT2D eigenvalue weighted by atomic mass is 79.9. The Bertz CT molecular complexity index is 559. The average Bonchev–Trinajstić information content (AvgIpc) is 2.53. The van der Waals surface area contributed by atoms with E-state index in [-0.39, 0.29) is 22.5 Å². The van der Waals surface area contributed by atoms with Crippen LogP contribution in [0.5, 0.6) is 5.75 Å². The molecule has 0 bridgehead atoms. The maximum absolute atomic E-state index is 11.4. The van der Waals surface area contributed by atoms with Gasteiger partial charge in [0.15, 0.2) is 5.11 Å². The van der Waals surface area contributed by atoms with Gasteiger partial charge < -0.3 is 10.4 Å². The quantitative estimate of drug-likeness (QED) is 0.544. The van der Waals surface area contributed by atoms with Crippen LogP contribution in [0.2, 0.25) is 5.02 Å². The van der Waals surface area contributed by atoms with E-state index in [0.717, 1.165) is 0 Å². The predicted octanol–water partition coefficient (Wildman–Crippen LogP) is 2.15. The van der Waals surface area contributed by atoms with Crippen LogP contribution in [0.3, 0.4) is 0 Å². The smallest absolute Gasteiger partial charge is 0.273 e. The molecule has 0 aromatic heterocycles. The molecule has 1 aliphatic rings. The van der Waals surface area contributed by atoms with Crippen LogP contribution in [0.4, 0.5) is 0 Å². The molecule has 1 aromatic carbocycles. The van der Waals surface area contributed by atoms with Gasteiger partial charge in [-0.25, -0.2) is 0 Å². The largest absolute Gasteiger partial charge is 0.506 e. The van der Waals surface area contributed by atoms with E-state index < -0.39 is 0 Å². The Labute approximate surface area is 116 Å². The molecule has 1 heterocycles. The third kappa shape index (κ3) is 2.59. The molecule has 0 atom stereocenters. The number of phenols is 1. The SMILES string of the molecule is O=C1NC(=S)N/C1=C/c1cc(Cl)cc(Br)c1O. The fourth-order valence-corrected chi connectivity index (χ4v) is 2.37. The summed E-state index contributed by atoms with van der Waals surface area (Å²) in [5.41, 5.74) is 0.686. The number of halogens is 2. The highest BCUT2D eigenvalue weighted by molar-refractivity contribution is 9.10. The third-order valence-electron chi connectivity index (χ3n) is 2.08. The normalized spacial score (nSPS) is 17.2. The van der Waals surface area contributed by atoms with Crippen molar-refractivity contribution in [3.8, 4) is 5.75 Å². The average molecular weight is 334 g/mol. The van der Waals surface area contributed by atoms with Crippen molar-refractivity contribution in [1.82, 2.24) is 10.6 Å². The molecule has 1 aliphatic heterocycles. The Balaban J connectivity index is 2.46. The zero-order valence-corrected chi connectivity index (χ0v) is 11.4. The molecule has 1 saturated heterocycles. The van der Waals surface area contributed by atoms with Crippen LogP contribution >= 0.6 is 39.7 Å². The molecule has 0 radical (unpaired) electrons. The molecule has 2 rings (SSSR count). The molecule has 0 unspecified atom stereocenters. The van der Waals surface area contributed by atoms with Gasteiger partial charge in [0.25, 0.3) is 5.91 Å². The summed E-state index contributed by atoms with van der Waals surface area (Å²) in [6, 6.07) is 3.11. The van der Waals surface area contributed by atoms with Gasteiger partial charge in [-0.1, -0.05) is 11.6 Å². The van der Waals surface area contributed by atoms with Crippen molar-refractivity contribution in [1.29, 1.82) is 0 Å².